The maximum absolute atomic E-state index is 12.6. The number of aromatic nitrogens is 2. The Morgan fingerprint density at radius 1 is 1.00 bits per heavy atom. The van der Waals surface area contributed by atoms with Gasteiger partial charge in [0, 0.05) is 28.3 Å². The number of H-pyrrole nitrogens is 1. The molecule has 0 saturated carbocycles. The maximum Gasteiger partial charge on any atom is 0.257 e. The van der Waals surface area contributed by atoms with E-state index in [0.717, 1.165) is 28.3 Å². The lowest BCUT2D eigenvalue weighted by Crippen LogP contribution is -2.12. The van der Waals surface area contributed by atoms with Crippen LogP contribution in [-0.4, -0.2) is 23.0 Å². The Morgan fingerprint density at radius 3 is 2.37 bits per heavy atom. The molecule has 0 saturated heterocycles. The second-order valence-corrected chi connectivity index (χ2v) is 7.20. The Labute approximate surface area is 179 Å². The molecule has 1 aromatic heterocycles. The Morgan fingerprint density at radius 2 is 1.70 bits per heavy atom. The lowest BCUT2D eigenvalue weighted by Gasteiger charge is -2.04. The first-order valence-corrected chi connectivity index (χ1v) is 9.84. The number of nitrogens with one attached hydrogen (secondary N) is 2. The van der Waals surface area contributed by atoms with Crippen molar-refractivity contribution in [3.05, 3.63) is 101 Å². The van der Waals surface area contributed by atoms with Crippen molar-refractivity contribution in [2.75, 3.05) is 12.4 Å². The van der Waals surface area contributed by atoms with Crippen LogP contribution < -0.4 is 10.1 Å². The highest BCUT2D eigenvalue weighted by Crippen LogP contribution is 2.27. The third-order valence-corrected chi connectivity index (χ3v) is 4.96. The normalized spacial score (nSPS) is 10.6. The molecule has 0 radical (unpaired) electrons. The van der Waals surface area contributed by atoms with Crippen molar-refractivity contribution >= 4 is 23.5 Å². The van der Waals surface area contributed by atoms with E-state index in [9.17, 15) is 4.79 Å². The third-order valence-electron chi connectivity index (χ3n) is 4.70. The maximum atomic E-state index is 12.6. The number of hydrogen-bond donors (Lipinski definition) is 2. The zero-order valence-electron chi connectivity index (χ0n) is 16.4. The minimum Gasteiger partial charge on any atom is -0.497 e. The fraction of sp³-hybridized carbons (Fsp3) is 0.0833. The highest BCUT2D eigenvalue weighted by Gasteiger charge is 2.15. The predicted molar refractivity (Wildman–Crippen MR) is 119 cm³/mol. The van der Waals surface area contributed by atoms with E-state index < -0.39 is 0 Å². The van der Waals surface area contributed by atoms with Gasteiger partial charge in [0.2, 0.25) is 5.95 Å². The number of hydrogen-bond acceptors (Lipinski definition) is 3. The fourth-order valence-corrected chi connectivity index (χ4v) is 3.29. The van der Waals surface area contributed by atoms with E-state index in [1.807, 2.05) is 42.5 Å². The quantitative estimate of drug-likeness (QED) is 0.430. The molecule has 0 bridgehead atoms. The summed E-state index contributed by atoms with van der Waals surface area (Å²) in [5, 5.41) is 3.42. The van der Waals surface area contributed by atoms with E-state index in [-0.39, 0.29) is 5.91 Å². The van der Waals surface area contributed by atoms with E-state index in [1.165, 1.54) is 0 Å². The van der Waals surface area contributed by atoms with Gasteiger partial charge in [-0.25, -0.2) is 4.98 Å². The van der Waals surface area contributed by atoms with E-state index in [0.29, 0.717) is 23.0 Å². The molecule has 6 heteroatoms. The smallest absolute Gasteiger partial charge is 0.257 e. The molecule has 150 valence electrons. The number of ether oxygens (including phenoxy) is 1. The SMILES string of the molecule is COc1ccc(-c2nc(NC(=O)c3ccc(Cl)cc3)[nH]c2Cc2ccccc2)cc1. The van der Waals surface area contributed by atoms with Crippen LogP contribution >= 0.6 is 11.6 Å². The summed E-state index contributed by atoms with van der Waals surface area (Å²) in [7, 11) is 1.63. The van der Waals surface area contributed by atoms with Crippen LogP contribution in [0.25, 0.3) is 11.3 Å². The number of methoxy groups -OCH3 is 1. The van der Waals surface area contributed by atoms with Crippen LogP contribution in [0.1, 0.15) is 21.6 Å². The number of imidazole rings is 1. The molecule has 4 aromatic rings. The van der Waals surface area contributed by atoms with Crippen molar-refractivity contribution in [3.63, 3.8) is 0 Å². The van der Waals surface area contributed by atoms with Crippen molar-refractivity contribution in [2.24, 2.45) is 0 Å². The minimum absolute atomic E-state index is 0.257. The first kappa shape index (κ1) is 19.7. The number of benzene rings is 3. The number of nitrogens with zero attached hydrogens (tertiary/aromatic N) is 1. The third kappa shape index (κ3) is 4.53. The van der Waals surface area contributed by atoms with Crippen LogP contribution in [0.5, 0.6) is 5.75 Å². The van der Waals surface area contributed by atoms with Crippen molar-refractivity contribution in [1.82, 2.24) is 9.97 Å². The number of anilines is 1. The van der Waals surface area contributed by atoms with E-state index in [1.54, 1.807) is 31.4 Å². The van der Waals surface area contributed by atoms with E-state index >= 15 is 0 Å². The number of rotatable bonds is 6. The average Bonchev–Trinajstić information content (AvgIpc) is 3.17. The standard InChI is InChI=1S/C24H20ClN3O2/c1-30-20-13-9-17(10-14-20)22-21(15-16-5-3-2-4-6-16)26-24(27-22)28-23(29)18-7-11-19(25)12-8-18/h2-14H,15H2,1H3,(H2,26,27,28,29). The molecule has 30 heavy (non-hydrogen) atoms. The zero-order chi connectivity index (χ0) is 20.9. The minimum atomic E-state index is -0.257. The first-order chi connectivity index (χ1) is 14.6. The van der Waals surface area contributed by atoms with Gasteiger partial charge in [0.25, 0.3) is 5.91 Å². The van der Waals surface area contributed by atoms with Crippen molar-refractivity contribution < 1.29 is 9.53 Å². The van der Waals surface area contributed by atoms with Crippen LogP contribution in [0, 0.1) is 0 Å². The Bertz CT molecular complexity index is 1140. The van der Waals surface area contributed by atoms with Gasteiger partial charge >= 0.3 is 0 Å². The zero-order valence-corrected chi connectivity index (χ0v) is 17.1. The molecule has 0 spiro atoms. The molecule has 0 unspecified atom stereocenters. The molecule has 0 fully saturated rings. The van der Waals surface area contributed by atoms with Gasteiger partial charge in [-0.1, -0.05) is 41.9 Å². The molecule has 3 aromatic carbocycles. The van der Waals surface area contributed by atoms with Crippen LogP contribution in [0.3, 0.4) is 0 Å². The molecular formula is C24H20ClN3O2. The summed E-state index contributed by atoms with van der Waals surface area (Å²) in [5.74, 6) is 0.912. The second kappa shape index (κ2) is 8.84. The molecule has 0 aliphatic rings. The van der Waals surface area contributed by atoms with Gasteiger partial charge in [0.1, 0.15) is 5.75 Å². The first-order valence-electron chi connectivity index (χ1n) is 9.46. The Hall–Kier alpha value is -3.57. The highest BCUT2D eigenvalue weighted by molar-refractivity contribution is 6.30. The lowest BCUT2D eigenvalue weighted by atomic mass is 10.0. The lowest BCUT2D eigenvalue weighted by molar-refractivity contribution is 0.102. The summed E-state index contributed by atoms with van der Waals surface area (Å²) in [6, 6.07) is 24.5. The summed E-state index contributed by atoms with van der Waals surface area (Å²) in [6.07, 6.45) is 0.659. The number of halogens is 1. The molecule has 1 amide bonds. The van der Waals surface area contributed by atoms with Crippen LogP contribution in [0.4, 0.5) is 5.95 Å². The second-order valence-electron chi connectivity index (χ2n) is 6.76. The molecule has 2 N–H and O–H groups in total. The van der Waals surface area contributed by atoms with Gasteiger partial charge < -0.3 is 9.72 Å². The molecule has 0 aliphatic heterocycles. The largest absolute Gasteiger partial charge is 0.497 e. The fourth-order valence-electron chi connectivity index (χ4n) is 3.17. The monoisotopic (exact) mass is 417 g/mol. The van der Waals surface area contributed by atoms with Gasteiger partial charge in [0.05, 0.1) is 12.8 Å². The molecule has 5 nitrogen and oxygen atoms in total. The molecule has 0 atom stereocenters. The average molecular weight is 418 g/mol. The topological polar surface area (TPSA) is 67.0 Å². The van der Waals surface area contributed by atoms with Crippen LogP contribution in [0.15, 0.2) is 78.9 Å². The number of carbonyl (C=O) groups is 1. The van der Waals surface area contributed by atoms with Crippen LogP contribution in [0.2, 0.25) is 5.02 Å². The van der Waals surface area contributed by atoms with E-state index in [2.05, 4.69) is 27.4 Å². The van der Waals surface area contributed by atoms with Crippen molar-refractivity contribution in [1.29, 1.82) is 0 Å². The van der Waals surface area contributed by atoms with E-state index in [4.69, 9.17) is 16.3 Å². The Kier molecular flexibility index (Phi) is 5.82. The number of carbonyl (C=O) groups excluding carboxylic acids is 1. The van der Waals surface area contributed by atoms with Gasteiger partial charge in [0.15, 0.2) is 0 Å². The summed E-state index contributed by atoms with van der Waals surface area (Å²) in [5.41, 5.74) is 4.29. The van der Waals surface area contributed by atoms with Crippen molar-refractivity contribution in [2.45, 2.75) is 6.42 Å². The highest BCUT2D eigenvalue weighted by atomic mass is 35.5. The van der Waals surface area contributed by atoms with Gasteiger partial charge in [-0.3, -0.25) is 10.1 Å². The molecule has 1 heterocycles. The van der Waals surface area contributed by atoms with Gasteiger partial charge in [-0.15, -0.1) is 0 Å². The van der Waals surface area contributed by atoms with Gasteiger partial charge in [-0.05, 0) is 54.1 Å². The van der Waals surface area contributed by atoms with Gasteiger partial charge in [-0.2, -0.15) is 0 Å². The summed E-state index contributed by atoms with van der Waals surface area (Å²) < 4.78 is 5.25. The molecule has 0 aliphatic carbocycles. The van der Waals surface area contributed by atoms with Crippen LogP contribution in [-0.2, 0) is 6.42 Å². The number of amides is 1. The summed E-state index contributed by atoms with van der Waals surface area (Å²) in [6.45, 7) is 0. The summed E-state index contributed by atoms with van der Waals surface area (Å²) >= 11 is 5.91. The molecule has 4 rings (SSSR count). The predicted octanol–water partition coefficient (Wildman–Crippen LogP) is 5.58. The summed E-state index contributed by atoms with van der Waals surface area (Å²) in [4.78, 5) is 20.5. The van der Waals surface area contributed by atoms with Crippen molar-refractivity contribution in [3.8, 4) is 17.0 Å². The number of aromatic amines is 1. The Balaban J connectivity index is 1.65. The molecular weight excluding hydrogens is 398 g/mol.